The smallest absolute Gasteiger partial charge is 0.215 e. The molecule has 1 aliphatic heterocycles. The number of aromatic nitrogens is 1. The molecule has 4 aromatic rings. The molecule has 3 aromatic carbocycles. The highest BCUT2D eigenvalue weighted by Gasteiger charge is 2.31. The van der Waals surface area contributed by atoms with E-state index < -0.39 is 0 Å². The van der Waals surface area contributed by atoms with Crippen molar-refractivity contribution >= 4 is 33.2 Å². The Morgan fingerprint density at radius 3 is 2.37 bits per heavy atom. The van der Waals surface area contributed by atoms with Crippen LogP contribution in [0.3, 0.4) is 0 Å². The highest BCUT2D eigenvalue weighted by Crippen LogP contribution is 2.52. The summed E-state index contributed by atoms with van der Waals surface area (Å²) in [5.74, 6) is 1.74. The lowest BCUT2D eigenvalue weighted by Crippen LogP contribution is -2.31. The number of methoxy groups -OCH3 is 2. The lowest BCUT2D eigenvalue weighted by molar-refractivity contribution is -0.617. The summed E-state index contributed by atoms with van der Waals surface area (Å²) < 4.78 is 13.6. The first-order valence-electron chi connectivity index (χ1n) is 8.99. The van der Waals surface area contributed by atoms with Crippen molar-refractivity contribution in [2.24, 2.45) is 7.05 Å². The highest BCUT2D eigenvalue weighted by atomic mass is 16.5. The predicted molar refractivity (Wildman–Crippen MR) is 109 cm³/mol. The molecule has 0 aliphatic carbocycles. The van der Waals surface area contributed by atoms with E-state index in [1.165, 1.54) is 22.2 Å². The summed E-state index contributed by atoms with van der Waals surface area (Å²) in [6, 6.07) is 19.0. The number of benzene rings is 3. The van der Waals surface area contributed by atoms with Gasteiger partial charge in [0.05, 0.1) is 36.4 Å². The molecule has 134 valence electrons. The molecular weight excluding hydrogens is 336 g/mol. The van der Waals surface area contributed by atoms with Gasteiger partial charge in [-0.2, -0.15) is 4.57 Å². The van der Waals surface area contributed by atoms with E-state index in [-0.39, 0.29) is 0 Å². The lowest BCUT2D eigenvalue weighted by atomic mass is 9.89. The third-order valence-electron chi connectivity index (χ3n) is 5.66. The van der Waals surface area contributed by atoms with Gasteiger partial charge in [0.15, 0.2) is 0 Å². The first-order valence-corrected chi connectivity index (χ1v) is 8.99. The van der Waals surface area contributed by atoms with Crippen LogP contribution >= 0.6 is 0 Å². The van der Waals surface area contributed by atoms with E-state index in [0.717, 1.165) is 33.7 Å². The number of rotatable bonds is 2. The summed E-state index contributed by atoms with van der Waals surface area (Å²) in [7, 11) is 7.68. The van der Waals surface area contributed by atoms with Crippen molar-refractivity contribution in [3.05, 3.63) is 54.6 Å². The van der Waals surface area contributed by atoms with Gasteiger partial charge in [-0.1, -0.05) is 12.1 Å². The highest BCUT2D eigenvalue weighted by molar-refractivity contribution is 6.18. The minimum atomic E-state index is 0.853. The molecule has 0 atom stereocenters. The third-order valence-corrected chi connectivity index (χ3v) is 5.66. The Bertz CT molecular complexity index is 1230. The van der Waals surface area contributed by atoms with Crippen LogP contribution in [0.4, 0.5) is 11.4 Å². The van der Waals surface area contributed by atoms with Crippen molar-refractivity contribution in [3.63, 3.8) is 0 Å². The van der Waals surface area contributed by atoms with E-state index in [9.17, 15) is 0 Å². The van der Waals surface area contributed by atoms with Gasteiger partial charge in [-0.3, -0.25) is 0 Å². The SMILES string of the molecule is COc1ccc2c(c1)c1c3c(cccc3[n+]2C)N(C)c2cccc(OC)c2-1. The number of pyridine rings is 1. The van der Waals surface area contributed by atoms with Crippen LogP contribution < -0.4 is 18.9 Å². The Morgan fingerprint density at radius 1 is 0.815 bits per heavy atom. The summed E-state index contributed by atoms with van der Waals surface area (Å²) in [4.78, 5) is 2.25. The molecule has 4 nitrogen and oxygen atoms in total. The zero-order chi connectivity index (χ0) is 18.7. The molecule has 2 heterocycles. The number of anilines is 2. The van der Waals surface area contributed by atoms with E-state index in [1.54, 1.807) is 14.2 Å². The molecule has 0 unspecified atom stereocenters. The maximum absolute atomic E-state index is 5.78. The average molecular weight is 357 g/mol. The second-order valence-electron chi connectivity index (χ2n) is 6.90. The van der Waals surface area contributed by atoms with Crippen molar-refractivity contribution < 1.29 is 14.0 Å². The van der Waals surface area contributed by atoms with Crippen molar-refractivity contribution in [2.45, 2.75) is 0 Å². The van der Waals surface area contributed by atoms with Gasteiger partial charge in [-0.25, -0.2) is 0 Å². The monoisotopic (exact) mass is 357 g/mol. The predicted octanol–water partition coefficient (Wildman–Crippen LogP) is 4.58. The zero-order valence-corrected chi connectivity index (χ0v) is 15.9. The van der Waals surface area contributed by atoms with Crippen LogP contribution in [-0.4, -0.2) is 21.3 Å². The Balaban J connectivity index is 2.10. The number of fused-ring (bicyclic) bond motifs is 4. The standard InChI is InChI=1S/C23H21N2O2/c1-24-16-12-11-14(26-3)13-15(16)21-22-17(24)7-5-8-18(22)25(2)19-9-6-10-20(27-4)23(19)21/h5-13H,1-4H3/q+1. The molecule has 5 rings (SSSR count). The summed E-state index contributed by atoms with van der Waals surface area (Å²) in [6.07, 6.45) is 0. The molecular formula is C23H21N2O2+. The Hall–Kier alpha value is -3.27. The molecule has 0 amide bonds. The summed E-state index contributed by atoms with van der Waals surface area (Å²) in [6.45, 7) is 0. The van der Waals surface area contributed by atoms with Crippen molar-refractivity contribution in [3.8, 4) is 22.6 Å². The van der Waals surface area contributed by atoms with Crippen LogP contribution in [0.5, 0.6) is 11.5 Å². The summed E-state index contributed by atoms with van der Waals surface area (Å²) in [5, 5.41) is 2.40. The van der Waals surface area contributed by atoms with Gasteiger partial charge in [-0.05, 0) is 30.3 Å². The van der Waals surface area contributed by atoms with Crippen LogP contribution in [0.15, 0.2) is 54.6 Å². The molecule has 0 saturated carbocycles. The largest absolute Gasteiger partial charge is 0.497 e. The molecule has 4 heteroatoms. The van der Waals surface area contributed by atoms with E-state index in [0.29, 0.717) is 0 Å². The van der Waals surface area contributed by atoms with Gasteiger partial charge in [0, 0.05) is 30.3 Å². The first kappa shape index (κ1) is 15.9. The third kappa shape index (κ3) is 2.01. The van der Waals surface area contributed by atoms with Crippen LogP contribution in [-0.2, 0) is 7.05 Å². The molecule has 1 aliphatic rings. The number of hydrogen-bond donors (Lipinski definition) is 0. The van der Waals surface area contributed by atoms with E-state index in [1.807, 2.05) is 18.2 Å². The molecule has 0 N–H and O–H groups in total. The van der Waals surface area contributed by atoms with E-state index in [4.69, 9.17) is 9.47 Å². The summed E-state index contributed by atoms with van der Waals surface area (Å²) >= 11 is 0. The van der Waals surface area contributed by atoms with Crippen LogP contribution in [0.2, 0.25) is 0 Å². The number of ether oxygens (including phenoxy) is 2. The normalized spacial score (nSPS) is 12.4. The minimum Gasteiger partial charge on any atom is -0.497 e. The maximum atomic E-state index is 5.78. The van der Waals surface area contributed by atoms with Gasteiger partial charge in [0.1, 0.15) is 18.5 Å². The second-order valence-corrected chi connectivity index (χ2v) is 6.90. The average Bonchev–Trinajstić information content (AvgIpc) is 2.72. The van der Waals surface area contributed by atoms with Gasteiger partial charge < -0.3 is 14.4 Å². The number of hydrogen-bond acceptors (Lipinski definition) is 3. The molecule has 0 bridgehead atoms. The Morgan fingerprint density at radius 2 is 1.59 bits per heavy atom. The number of nitrogens with zero attached hydrogens (tertiary/aromatic N) is 2. The zero-order valence-electron chi connectivity index (χ0n) is 15.9. The molecule has 0 saturated heterocycles. The van der Waals surface area contributed by atoms with Crippen LogP contribution in [0, 0.1) is 0 Å². The van der Waals surface area contributed by atoms with E-state index in [2.05, 4.69) is 60.0 Å². The van der Waals surface area contributed by atoms with Gasteiger partial charge in [0.25, 0.3) is 0 Å². The molecule has 0 radical (unpaired) electrons. The Labute approximate surface area is 158 Å². The molecule has 1 aromatic heterocycles. The quantitative estimate of drug-likeness (QED) is 0.388. The van der Waals surface area contributed by atoms with Gasteiger partial charge in [-0.15, -0.1) is 0 Å². The van der Waals surface area contributed by atoms with Crippen molar-refractivity contribution in [1.29, 1.82) is 0 Å². The van der Waals surface area contributed by atoms with Gasteiger partial charge >= 0.3 is 0 Å². The maximum Gasteiger partial charge on any atom is 0.215 e. The van der Waals surface area contributed by atoms with Crippen molar-refractivity contribution in [2.75, 3.05) is 26.2 Å². The molecule has 0 fully saturated rings. The fraction of sp³-hybridized carbons (Fsp3) is 0.174. The fourth-order valence-electron chi connectivity index (χ4n) is 4.35. The fourth-order valence-corrected chi connectivity index (χ4v) is 4.35. The topological polar surface area (TPSA) is 25.6 Å². The van der Waals surface area contributed by atoms with Crippen LogP contribution in [0.1, 0.15) is 0 Å². The Kier molecular flexibility index (Phi) is 3.31. The second kappa shape index (κ2) is 5.61. The lowest BCUT2D eigenvalue weighted by Gasteiger charge is -2.31. The van der Waals surface area contributed by atoms with Crippen molar-refractivity contribution in [1.82, 2.24) is 0 Å². The number of aryl methyl sites for hydroxylation is 1. The molecule has 27 heavy (non-hydrogen) atoms. The first-order chi connectivity index (χ1) is 13.2. The minimum absolute atomic E-state index is 0.853. The van der Waals surface area contributed by atoms with E-state index >= 15 is 0 Å². The van der Waals surface area contributed by atoms with Gasteiger partial charge in [0.2, 0.25) is 11.0 Å². The van der Waals surface area contributed by atoms with Crippen LogP contribution in [0.25, 0.3) is 32.9 Å². The summed E-state index contributed by atoms with van der Waals surface area (Å²) in [5.41, 5.74) is 7.04. The molecule has 0 spiro atoms.